The Bertz CT molecular complexity index is 895. The Morgan fingerprint density at radius 3 is 2.15 bits per heavy atom. The van der Waals surface area contributed by atoms with E-state index >= 15 is 0 Å². The molecular formula is C19H24ClNO5S. The van der Waals surface area contributed by atoms with Crippen molar-refractivity contribution in [1.82, 2.24) is 0 Å². The molecule has 0 aliphatic rings. The van der Waals surface area contributed by atoms with Crippen LogP contribution in [0.2, 0.25) is 5.02 Å². The van der Waals surface area contributed by atoms with Crippen molar-refractivity contribution in [3.63, 3.8) is 0 Å². The minimum atomic E-state index is -3.83. The number of sulfonamides is 1. The van der Waals surface area contributed by atoms with Crippen molar-refractivity contribution < 1.29 is 22.6 Å². The number of hydrogen-bond donors (Lipinski definition) is 1. The van der Waals surface area contributed by atoms with Gasteiger partial charge in [0.25, 0.3) is 10.0 Å². The molecule has 0 aliphatic heterocycles. The Kier molecular flexibility index (Phi) is 6.62. The van der Waals surface area contributed by atoms with Crippen LogP contribution in [-0.4, -0.2) is 29.2 Å². The zero-order chi connectivity index (χ0) is 20.2. The lowest BCUT2D eigenvalue weighted by molar-refractivity contribution is -0.0140. The molecule has 1 N–H and O–H groups in total. The molecule has 27 heavy (non-hydrogen) atoms. The van der Waals surface area contributed by atoms with Crippen LogP contribution in [0.25, 0.3) is 0 Å². The first-order chi connectivity index (χ1) is 12.6. The van der Waals surface area contributed by atoms with Gasteiger partial charge >= 0.3 is 0 Å². The zero-order valence-corrected chi connectivity index (χ0v) is 17.6. The number of ether oxygens (including phenoxy) is 3. The van der Waals surface area contributed by atoms with Gasteiger partial charge in [-0.3, -0.25) is 4.72 Å². The third-order valence-corrected chi connectivity index (χ3v) is 5.76. The minimum Gasteiger partial charge on any atom is -0.495 e. The summed E-state index contributed by atoms with van der Waals surface area (Å²) in [5.41, 5.74) is 0.614. The lowest BCUT2D eigenvalue weighted by Gasteiger charge is -2.25. The van der Waals surface area contributed by atoms with Crippen LogP contribution in [0.3, 0.4) is 0 Å². The smallest absolute Gasteiger partial charge is 0.262 e. The maximum atomic E-state index is 12.8. The lowest BCUT2D eigenvalue weighted by atomic mass is 9.98. The molecule has 0 saturated heterocycles. The third kappa shape index (κ3) is 4.86. The predicted molar refractivity (Wildman–Crippen MR) is 106 cm³/mol. The molecule has 8 heteroatoms. The Morgan fingerprint density at radius 2 is 1.63 bits per heavy atom. The molecule has 0 aromatic heterocycles. The second-order valence-corrected chi connectivity index (χ2v) is 8.35. The van der Waals surface area contributed by atoms with E-state index in [1.165, 1.54) is 38.5 Å². The molecule has 0 heterocycles. The molecule has 0 amide bonds. The number of hydrogen-bond acceptors (Lipinski definition) is 5. The van der Waals surface area contributed by atoms with Gasteiger partial charge in [0, 0.05) is 18.7 Å². The average Bonchev–Trinajstić information content (AvgIpc) is 2.62. The first-order valence-electron chi connectivity index (χ1n) is 8.33. The summed E-state index contributed by atoms with van der Waals surface area (Å²) in [7, 11) is -0.947. The fourth-order valence-electron chi connectivity index (χ4n) is 2.62. The molecule has 0 saturated carbocycles. The standard InChI is InChI=1S/C19H24ClNO5S/c1-6-26-19(2,3)13-7-9-14(10-8-13)27(22,23)21-16-12-17(24-4)15(20)11-18(16)25-5/h7-12,21H,6H2,1-5H3. The van der Waals surface area contributed by atoms with Crippen LogP contribution >= 0.6 is 11.6 Å². The maximum Gasteiger partial charge on any atom is 0.262 e. The monoisotopic (exact) mass is 413 g/mol. The SMILES string of the molecule is CCOC(C)(C)c1ccc(S(=O)(=O)Nc2cc(OC)c(Cl)cc2OC)cc1. The van der Waals surface area contributed by atoms with E-state index in [1.807, 2.05) is 20.8 Å². The Balaban J connectivity index is 2.35. The number of anilines is 1. The van der Waals surface area contributed by atoms with E-state index < -0.39 is 15.6 Å². The first-order valence-corrected chi connectivity index (χ1v) is 10.2. The molecular weight excluding hydrogens is 390 g/mol. The van der Waals surface area contributed by atoms with Crippen molar-refractivity contribution in [2.24, 2.45) is 0 Å². The van der Waals surface area contributed by atoms with Crippen LogP contribution in [0.5, 0.6) is 11.5 Å². The van der Waals surface area contributed by atoms with Gasteiger partial charge in [0.2, 0.25) is 0 Å². The summed E-state index contributed by atoms with van der Waals surface area (Å²) < 4.78 is 44.1. The summed E-state index contributed by atoms with van der Waals surface area (Å²) >= 11 is 6.06. The van der Waals surface area contributed by atoms with Crippen molar-refractivity contribution in [3.05, 3.63) is 47.0 Å². The molecule has 0 fully saturated rings. The second-order valence-electron chi connectivity index (χ2n) is 6.26. The van der Waals surface area contributed by atoms with Crippen LogP contribution in [0, 0.1) is 0 Å². The van der Waals surface area contributed by atoms with E-state index in [4.69, 9.17) is 25.8 Å². The Morgan fingerprint density at radius 1 is 1.04 bits per heavy atom. The van der Waals surface area contributed by atoms with E-state index in [2.05, 4.69) is 4.72 Å². The van der Waals surface area contributed by atoms with Gasteiger partial charge in [-0.1, -0.05) is 23.7 Å². The molecule has 0 atom stereocenters. The number of rotatable bonds is 8. The molecule has 0 aliphatic carbocycles. The number of nitrogens with one attached hydrogen (secondary N) is 1. The highest BCUT2D eigenvalue weighted by Gasteiger charge is 2.23. The molecule has 2 aromatic rings. The quantitative estimate of drug-likeness (QED) is 0.692. The molecule has 2 rings (SSSR count). The summed E-state index contributed by atoms with van der Waals surface area (Å²) in [4.78, 5) is 0.120. The fraction of sp³-hybridized carbons (Fsp3) is 0.368. The van der Waals surface area contributed by atoms with Gasteiger partial charge in [0.15, 0.2) is 0 Å². The Labute approximate surface area is 165 Å². The van der Waals surface area contributed by atoms with Crippen LogP contribution in [0.15, 0.2) is 41.3 Å². The van der Waals surface area contributed by atoms with Crippen molar-refractivity contribution in [3.8, 4) is 11.5 Å². The highest BCUT2D eigenvalue weighted by atomic mass is 35.5. The second kappa shape index (κ2) is 8.37. The molecule has 0 bridgehead atoms. The maximum absolute atomic E-state index is 12.8. The van der Waals surface area contributed by atoms with E-state index in [1.54, 1.807) is 12.1 Å². The van der Waals surface area contributed by atoms with Gasteiger partial charge in [0.1, 0.15) is 11.5 Å². The summed E-state index contributed by atoms with van der Waals surface area (Å²) in [6.07, 6.45) is 0. The summed E-state index contributed by atoms with van der Waals surface area (Å²) in [5, 5.41) is 0.319. The number of benzene rings is 2. The van der Waals surface area contributed by atoms with Crippen molar-refractivity contribution in [2.45, 2.75) is 31.3 Å². The molecule has 148 valence electrons. The van der Waals surface area contributed by atoms with Crippen molar-refractivity contribution in [1.29, 1.82) is 0 Å². The van der Waals surface area contributed by atoms with E-state index in [0.29, 0.717) is 23.1 Å². The molecule has 2 aromatic carbocycles. The van der Waals surface area contributed by atoms with Gasteiger partial charge in [-0.25, -0.2) is 8.42 Å². The Hall–Kier alpha value is -1.96. The van der Waals surface area contributed by atoms with Gasteiger partial charge < -0.3 is 14.2 Å². The highest BCUT2D eigenvalue weighted by Crippen LogP contribution is 2.37. The summed E-state index contributed by atoms with van der Waals surface area (Å²) in [5.74, 6) is 0.627. The van der Waals surface area contributed by atoms with Crippen LogP contribution in [-0.2, 0) is 20.4 Å². The topological polar surface area (TPSA) is 73.9 Å². The van der Waals surface area contributed by atoms with E-state index in [-0.39, 0.29) is 10.6 Å². The molecule has 6 nitrogen and oxygen atoms in total. The van der Waals surface area contributed by atoms with Crippen molar-refractivity contribution >= 4 is 27.3 Å². The number of methoxy groups -OCH3 is 2. The average molecular weight is 414 g/mol. The third-order valence-electron chi connectivity index (χ3n) is 4.08. The first kappa shape index (κ1) is 21.3. The normalized spacial score (nSPS) is 11.9. The van der Waals surface area contributed by atoms with Gasteiger partial charge in [-0.2, -0.15) is 0 Å². The lowest BCUT2D eigenvalue weighted by Crippen LogP contribution is -2.21. The van der Waals surface area contributed by atoms with Crippen LogP contribution in [0.1, 0.15) is 26.3 Å². The van der Waals surface area contributed by atoms with Crippen molar-refractivity contribution in [2.75, 3.05) is 25.5 Å². The molecule has 0 unspecified atom stereocenters. The molecule has 0 spiro atoms. The largest absolute Gasteiger partial charge is 0.495 e. The summed E-state index contributed by atoms with van der Waals surface area (Å²) in [6, 6.07) is 9.53. The number of halogens is 1. The summed E-state index contributed by atoms with van der Waals surface area (Å²) in [6.45, 7) is 6.34. The highest BCUT2D eigenvalue weighted by molar-refractivity contribution is 7.92. The van der Waals surface area contributed by atoms with Crippen LogP contribution in [0.4, 0.5) is 5.69 Å². The van der Waals surface area contributed by atoms with Gasteiger partial charge in [-0.05, 0) is 38.5 Å². The molecule has 0 radical (unpaired) electrons. The van der Waals surface area contributed by atoms with Gasteiger partial charge in [-0.15, -0.1) is 0 Å². The van der Waals surface area contributed by atoms with Crippen LogP contribution < -0.4 is 14.2 Å². The van der Waals surface area contributed by atoms with Gasteiger partial charge in [0.05, 0.1) is 35.4 Å². The zero-order valence-electron chi connectivity index (χ0n) is 16.0. The van der Waals surface area contributed by atoms with E-state index in [0.717, 1.165) is 5.56 Å². The van der Waals surface area contributed by atoms with E-state index in [9.17, 15) is 8.42 Å². The predicted octanol–water partition coefficient (Wildman–Crippen LogP) is 4.43. The fourth-order valence-corrected chi connectivity index (χ4v) is 3.92. The minimum absolute atomic E-state index is 0.120.